The first-order valence-corrected chi connectivity index (χ1v) is 12.2. The lowest BCUT2D eigenvalue weighted by atomic mass is 9.55. The van der Waals surface area contributed by atoms with Crippen LogP contribution in [0.25, 0.3) is 0 Å². The minimum Gasteiger partial charge on any atom is -0.508 e. The normalized spacial score (nSPS) is 19.2. The summed E-state index contributed by atoms with van der Waals surface area (Å²) in [5, 5.41) is 16.4. The van der Waals surface area contributed by atoms with E-state index in [0.717, 1.165) is 37.3 Å². The second-order valence-electron chi connectivity index (χ2n) is 9.66. The van der Waals surface area contributed by atoms with E-state index in [4.69, 9.17) is 0 Å². The van der Waals surface area contributed by atoms with Crippen molar-refractivity contribution in [2.45, 2.75) is 32.9 Å². The molecule has 0 bridgehead atoms. The molecule has 3 N–H and O–H groups in total. The highest BCUT2D eigenvalue weighted by Crippen LogP contribution is 2.24. The van der Waals surface area contributed by atoms with Crippen LogP contribution < -0.4 is 20.9 Å². The Bertz CT molecular complexity index is 1040. The number of phenolic OH excluding ortho intramolecular Hbond substituents is 1. The first kappa shape index (κ1) is 24.0. The van der Waals surface area contributed by atoms with Crippen molar-refractivity contribution in [3.63, 3.8) is 0 Å². The van der Waals surface area contributed by atoms with Crippen molar-refractivity contribution in [1.29, 1.82) is 0 Å². The zero-order chi connectivity index (χ0) is 24.1. The molecule has 0 saturated carbocycles. The van der Waals surface area contributed by atoms with Crippen molar-refractivity contribution in [2.75, 3.05) is 31.1 Å². The number of allylic oxidation sites excluding steroid dienone is 2. The predicted molar refractivity (Wildman–Crippen MR) is 141 cm³/mol. The number of phenols is 1. The molecule has 34 heavy (non-hydrogen) atoms. The summed E-state index contributed by atoms with van der Waals surface area (Å²) in [6.45, 7) is 10.2. The Morgan fingerprint density at radius 3 is 2.62 bits per heavy atom. The topological polar surface area (TPSA) is 67.8 Å². The zero-order valence-corrected chi connectivity index (χ0v) is 20.3. The highest BCUT2D eigenvalue weighted by Gasteiger charge is 2.27. The monoisotopic (exact) mass is 458 g/mol. The summed E-state index contributed by atoms with van der Waals surface area (Å²) in [5.74, 6) is 2.70. The molecule has 2 aliphatic rings. The number of rotatable bonds is 7. The van der Waals surface area contributed by atoms with E-state index in [9.17, 15) is 9.90 Å². The average molecular weight is 458 g/mol. The van der Waals surface area contributed by atoms with Gasteiger partial charge in [-0.25, -0.2) is 0 Å². The maximum absolute atomic E-state index is 13.0. The van der Waals surface area contributed by atoms with Gasteiger partial charge in [-0.3, -0.25) is 9.69 Å². The van der Waals surface area contributed by atoms with Crippen molar-refractivity contribution in [1.82, 2.24) is 15.4 Å². The molecule has 7 heteroatoms. The molecule has 2 aromatic rings. The molecule has 1 saturated heterocycles. The first-order valence-electron chi connectivity index (χ1n) is 12.2. The largest absolute Gasteiger partial charge is 0.508 e. The highest BCUT2D eigenvalue weighted by molar-refractivity contribution is 6.76. The smallest absolute Gasteiger partial charge is 0.312 e. The molecule has 4 rings (SSSR count). The minimum absolute atomic E-state index is 0.0243. The van der Waals surface area contributed by atoms with E-state index in [-0.39, 0.29) is 18.8 Å². The van der Waals surface area contributed by atoms with Crippen molar-refractivity contribution < 1.29 is 9.90 Å². The molecule has 2 aliphatic heterocycles. The third kappa shape index (κ3) is 5.83. The Kier molecular flexibility index (Phi) is 7.63. The van der Waals surface area contributed by atoms with Crippen LogP contribution in [0.2, 0.25) is 0 Å². The summed E-state index contributed by atoms with van der Waals surface area (Å²) < 4.78 is 0. The molecule has 2 atom stereocenters. The molecule has 0 radical (unpaired) electrons. The van der Waals surface area contributed by atoms with Crippen LogP contribution in [-0.4, -0.2) is 61.0 Å². The Hall–Kier alpha value is -3.19. The van der Waals surface area contributed by atoms with Gasteiger partial charge in [0.15, 0.2) is 0 Å². The first-order chi connectivity index (χ1) is 16.4. The number of nitrogens with zero attached hydrogens (tertiary/aromatic N) is 2. The van der Waals surface area contributed by atoms with E-state index >= 15 is 0 Å². The summed E-state index contributed by atoms with van der Waals surface area (Å²) in [5.41, 5.74) is 2.88. The highest BCUT2D eigenvalue weighted by atomic mass is 16.3. The van der Waals surface area contributed by atoms with Gasteiger partial charge >= 0.3 is 6.85 Å². The molecule has 0 spiro atoms. The third-order valence-electron chi connectivity index (χ3n) is 6.77. The summed E-state index contributed by atoms with van der Waals surface area (Å²) in [6, 6.07) is 15.7. The van der Waals surface area contributed by atoms with Crippen LogP contribution in [0.4, 0.5) is 5.69 Å². The lowest BCUT2D eigenvalue weighted by Gasteiger charge is -2.42. The maximum atomic E-state index is 13.0. The molecule has 1 fully saturated rings. The van der Waals surface area contributed by atoms with Crippen LogP contribution in [0.1, 0.15) is 31.1 Å². The quantitative estimate of drug-likeness (QED) is 0.557. The second-order valence-corrected chi connectivity index (χ2v) is 9.66. The van der Waals surface area contributed by atoms with Crippen molar-refractivity contribution >= 4 is 23.9 Å². The fraction of sp³-hybridized carbons (Fsp3) is 0.370. The van der Waals surface area contributed by atoms with E-state index in [1.165, 1.54) is 0 Å². The molecular weight excluding hydrogens is 423 g/mol. The van der Waals surface area contributed by atoms with Crippen molar-refractivity contribution in [2.24, 2.45) is 5.92 Å². The van der Waals surface area contributed by atoms with Crippen molar-refractivity contribution in [3.05, 3.63) is 78.4 Å². The molecule has 1 amide bonds. The van der Waals surface area contributed by atoms with Gasteiger partial charge in [0.25, 0.3) is 5.91 Å². The molecule has 6 nitrogen and oxygen atoms in total. The Labute approximate surface area is 203 Å². The number of carbonyl (C=O) groups excluding carboxylic acids is 1. The summed E-state index contributed by atoms with van der Waals surface area (Å²) in [4.78, 5) is 17.8. The molecule has 2 aromatic carbocycles. The zero-order valence-electron chi connectivity index (χ0n) is 20.3. The van der Waals surface area contributed by atoms with Gasteiger partial charge in [-0.15, -0.1) is 0 Å². The summed E-state index contributed by atoms with van der Waals surface area (Å²) >= 11 is 0. The number of aromatic hydroxyl groups is 1. The van der Waals surface area contributed by atoms with E-state index in [0.29, 0.717) is 23.3 Å². The van der Waals surface area contributed by atoms with Gasteiger partial charge in [0, 0.05) is 55.6 Å². The van der Waals surface area contributed by atoms with E-state index in [1.807, 2.05) is 60.8 Å². The Balaban J connectivity index is 1.34. The fourth-order valence-electron chi connectivity index (χ4n) is 4.70. The van der Waals surface area contributed by atoms with Gasteiger partial charge in [-0.05, 0) is 49.4 Å². The standard InChI is InChI=1S/C27H35BN4O2/c1-20(2)26(19-31-15-16-32(21(3)18-31)24-7-6-8-25(33)17-24)30-27(34)22-9-11-23(12-10-22)28-13-4-5-14-29-28/h4-14,17,20-21,26,29,33H,15-16,18-19H2,1-3H3,(H,30,34). The third-order valence-corrected chi connectivity index (χ3v) is 6.77. The number of amides is 1. The number of benzene rings is 2. The molecule has 2 heterocycles. The maximum Gasteiger partial charge on any atom is 0.312 e. The number of piperazine rings is 1. The minimum atomic E-state index is -0.0243. The van der Waals surface area contributed by atoms with E-state index in [2.05, 4.69) is 47.1 Å². The fourth-order valence-corrected chi connectivity index (χ4v) is 4.70. The molecule has 0 aliphatic carbocycles. The van der Waals surface area contributed by atoms with Gasteiger partial charge in [-0.2, -0.15) is 0 Å². The average Bonchev–Trinajstić information content (AvgIpc) is 2.84. The van der Waals surface area contributed by atoms with Crippen LogP contribution in [0, 0.1) is 5.92 Å². The van der Waals surface area contributed by atoms with Crippen LogP contribution in [0.5, 0.6) is 5.75 Å². The number of nitrogens with one attached hydrogen (secondary N) is 2. The predicted octanol–water partition coefficient (Wildman–Crippen LogP) is 2.77. The SMILES string of the molecule is CC(C)C(CN1CCN(c2cccc(O)c2)C(C)C1)NC(=O)c1ccc(B2C=CC=CN2)cc1. The molecule has 178 valence electrons. The summed E-state index contributed by atoms with van der Waals surface area (Å²) in [7, 11) is 0. The van der Waals surface area contributed by atoms with Gasteiger partial charge in [0.1, 0.15) is 5.75 Å². The number of carbonyl (C=O) groups is 1. The Morgan fingerprint density at radius 2 is 1.97 bits per heavy atom. The molecular formula is C27H35BN4O2. The number of anilines is 1. The van der Waals surface area contributed by atoms with Crippen LogP contribution in [0.15, 0.2) is 72.9 Å². The summed E-state index contributed by atoms with van der Waals surface area (Å²) in [6.07, 6.45) is 5.93. The lowest BCUT2D eigenvalue weighted by Crippen LogP contribution is -2.56. The van der Waals surface area contributed by atoms with Gasteiger partial charge in [-0.1, -0.05) is 49.6 Å². The molecule has 0 aromatic heterocycles. The van der Waals surface area contributed by atoms with Crippen molar-refractivity contribution in [3.8, 4) is 5.75 Å². The van der Waals surface area contributed by atoms with Gasteiger partial charge in [0.2, 0.25) is 0 Å². The number of hydrogen-bond donors (Lipinski definition) is 3. The number of hydrogen-bond acceptors (Lipinski definition) is 5. The van der Waals surface area contributed by atoms with E-state index < -0.39 is 0 Å². The Morgan fingerprint density at radius 1 is 1.18 bits per heavy atom. The van der Waals surface area contributed by atoms with Gasteiger partial charge < -0.3 is 20.6 Å². The van der Waals surface area contributed by atoms with E-state index in [1.54, 1.807) is 6.07 Å². The van der Waals surface area contributed by atoms with Crippen LogP contribution in [0.3, 0.4) is 0 Å². The van der Waals surface area contributed by atoms with Gasteiger partial charge in [0.05, 0.1) is 0 Å². The lowest BCUT2D eigenvalue weighted by molar-refractivity contribution is 0.0903. The molecule has 2 unspecified atom stereocenters. The second kappa shape index (κ2) is 10.8. The van der Waals surface area contributed by atoms with Crippen LogP contribution in [-0.2, 0) is 0 Å². The van der Waals surface area contributed by atoms with Crippen LogP contribution >= 0.6 is 0 Å².